The molecule has 1 unspecified atom stereocenters. The van der Waals surface area contributed by atoms with Gasteiger partial charge in [-0.15, -0.1) is 0 Å². The summed E-state index contributed by atoms with van der Waals surface area (Å²) < 4.78 is 26.6. The molecule has 0 spiro atoms. The maximum atomic E-state index is 12.8. The van der Waals surface area contributed by atoms with E-state index in [2.05, 4.69) is 106 Å². The lowest BCUT2D eigenvalue weighted by atomic mass is 10.1. The van der Waals surface area contributed by atoms with Gasteiger partial charge in [-0.05, 0) is 87.6 Å². The number of carbonyl (C=O) groups excluding carboxylic acids is 3. The lowest BCUT2D eigenvalue weighted by Crippen LogP contribution is -2.37. The van der Waals surface area contributed by atoms with Crippen LogP contribution in [-0.2, 0) is 43.0 Å². The molecular formula is C46H64ClN6O7P. The van der Waals surface area contributed by atoms with Gasteiger partial charge in [0.05, 0.1) is 24.6 Å². The number of fused-ring (bicyclic) bond motifs is 2. The molecular weight excluding hydrogens is 815 g/mol. The number of phosphoric acid groups is 1. The van der Waals surface area contributed by atoms with Gasteiger partial charge in [0.25, 0.3) is 0 Å². The van der Waals surface area contributed by atoms with E-state index in [4.69, 9.17) is 20.6 Å². The molecule has 0 radical (unpaired) electrons. The zero-order valence-electron chi connectivity index (χ0n) is 36.2. The van der Waals surface area contributed by atoms with Crippen molar-refractivity contribution >= 4 is 59.0 Å². The number of hydrogen-bond acceptors (Lipinski definition) is 7. The van der Waals surface area contributed by atoms with Gasteiger partial charge in [-0.25, -0.2) is 4.57 Å². The van der Waals surface area contributed by atoms with Crippen molar-refractivity contribution in [1.82, 2.24) is 30.0 Å². The lowest BCUT2D eigenvalue weighted by molar-refractivity contribution is -0.126. The van der Waals surface area contributed by atoms with Crippen LogP contribution in [0.1, 0.15) is 76.8 Å². The van der Waals surface area contributed by atoms with E-state index < -0.39 is 7.82 Å². The van der Waals surface area contributed by atoms with E-state index in [0.29, 0.717) is 32.4 Å². The van der Waals surface area contributed by atoms with Crippen LogP contribution in [0.25, 0.3) is 21.8 Å². The SMILES string of the molecule is CCN(CC)CC.Cc1cn(CCCn2cc(CC(=O)NCCCC(=O)NCC(=O)NCCCCCCOP(=O)(O)Oc3ccccc3Cl)c3ccccc32)c2ccccc12. The van der Waals surface area contributed by atoms with Crippen LogP contribution in [0.2, 0.25) is 5.02 Å². The molecule has 2 heterocycles. The van der Waals surface area contributed by atoms with Gasteiger partial charge in [0, 0.05) is 66.8 Å². The molecule has 15 heteroatoms. The number of amides is 3. The molecule has 0 saturated carbocycles. The van der Waals surface area contributed by atoms with Crippen molar-refractivity contribution in [2.24, 2.45) is 0 Å². The number of nitrogens with zero attached hydrogens (tertiary/aromatic N) is 3. The van der Waals surface area contributed by atoms with Crippen molar-refractivity contribution in [2.45, 2.75) is 92.2 Å². The van der Waals surface area contributed by atoms with E-state index in [1.807, 2.05) is 12.1 Å². The molecule has 0 fully saturated rings. The fraction of sp³-hybridized carbons (Fsp3) is 0.457. The highest BCUT2D eigenvalue weighted by molar-refractivity contribution is 7.47. The summed E-state index contributed by atoms with van der Waals surface area (Å²) in [6.07, 6.45) is 8.89. The summed E-state index contributed by atoms with van der Waals surface area (Å²) in [7, 11) is -4.28. The van der Waals surface area contributed by atoms with Gasteiger partial charge < -0.3 is 34.5 Å². The molecule has 3 amide bonds. The number of unbranched alkanes of at least 4 members (excludes halogenated alkanes) is 3. The lowest BCUT2D eigenvalue weighted by Gasteiger charge is -2.13. The Kier molecular flexibility index (Phi) is 20.9. The second kappa shape index (κ2) is 26.0. The highest BCUT2D eigenvalue weighted by atomic mass is 35.5. The highest BCUT2D eigenvalue weighted by Crippen LogP contribution is 2.45. The van der Waals surface area contributed by atoms with Crippen molar-refractivity contribution in [3.8, 4) is 5.75 Å². The zero-order valence-corrected chi connectivity index (χ0v) is 37.8. The summed E-state index contributed by atoms with van der Waals surface area (Å²) in [6.45, 7) is 14.7. The average Bonchev–Trinajstić information content (AvgIpc) is 3.77. The van der Waals surface area contributed by atoms with Gasteiger partial charge in [-0.3, -0.25) is 23.8 Å². The maximum Gasteiger partial charge on any atom is 0.527 e. The van der Waals surface area contributed by atoms with E-state index in [1.54, 1.807) is 18.2 Å². The molecule has 0 saturated heterocycles. The Morgan fingerprint density at radius 2 is 1.30 bits per heavy atom. The van der Waals surface area contributed by atoms with Crippen molar-refractivity contribution in [3.05, 3.63) is 101 Å². The number of aryl methyl sites for hydroxylation is 3. The van der Waals surface area contributed by atoms with Crippen molar-refractivity contribution < 1.29 is 32.9 Å². The molecule has 0 bridgehead atoms. The maximum absolute atomic E-state index is 12.8. The number of hydrogen-bond donors (Lipinski definition) is 4. The first kappa shape index (κ1) is 49.0. The van der Waals surface area contributed by atoms with Crippen LogP contribution >= 0.6 is 19.4 Å². The van der Waals surface area contributed by atoms with Crippen molar-refractivity contribution in [2.75, 3.05) is 45.9 Å². The minimum absolute atomic E-state index is 0.0414. The van der Waals surface area contributed by atoms with Crippen LogP contribution < -0.4 is 20.5 Å². The zero-order chi connectivity index (χ0) is 44.0. The number of para-hydroxylation sites is 3. The summed E-state index contributed by atoms with van der Waals surface area (Å²) in [6, 6.07) is 22.9. The van der Waals surface area contributed by atoms with Gasteiger partial charge in [0.2, 0.25) is 17.7 Å². The van der Waals surface area contributed by atoms with E-state index >= 15 is 0 Å². The fourth-order valence-electron chi connectivity index (χ4n) is 7.05. The Balaban J connectivity index is 0.00000107. The molecule has 2 aromatic heterocycles. The molecule has 4 N–H and O–H groups in total. The van der Waals surface area contributed by atoms with Gasteiger partial charge in [0.1, 0.15) is 5.75 Å². The Morgan fingerprint density at radius 3 is 1.98 bits per heavy atom. The quantitative estimate of drug-likeness (QED) is 0.0337. The smallest absolute Gasteiger partial charge is 0.403 e. The first-order valence-electron chi connectivity index (χ1n) is 21.5. The molecule has 13 nitrogen and oxygen atoms in total. The molecule has 61 heavy (non-hydrogen) atoms. The molecule has 5 rings (SSSR count). The third kappa shape index (κ3) is 16.6. The van der Waals surface area contributed by atoms with Crippen molar-refractivity contribution in [3.63, 3.8) is 0 Å². The standard InChI is InChI=1S/C40H49ClN5O7P.C6H15N/c1-30-28-45(35-17-7-4-14-32(30)35)23-13-24-46-29-31(33-15-5-8-18-36(33)46)26-39(48)42-22-12-20-38(47)44-27-40(49)43-21-10-2-3-11-25-52-54(50,51)53-37-19-9-6-16-34(37)41;1-4-7(5-2)6-3/h4-9,14-19,28-29H,2-3,10-13,20-27H2,1H3,(H,42,48)(H,43,49)(H,44,47)(H,50,51);4-6H2,1-3H3. The number of halogens is 1. The number of phosphoric ester groups is 1. The molecule has 0 aliphatic carbocycles. The number of carbonyl (C=O) groups is 3. The van der Waals surface area contributed by atoms with E-state index in [-0.39, 0.29) is 54.5 Å². The Hall–Kier alpha value is -4.65. The van der Waals surface area contributed by atoms with Crippen LogP contribution in [0.5, 0.6) is 5.75 Å². The predicted molar refractivity (Wildman–Crippen MR) is 245 cm³/mol. The van der Waals surface area contributed by atoms with Crippen LogP contribution in [0.15, 0.2) is 85.2 Å². The molecule has 5 aromatic rings. The largest absolute Gasteiger partial charge is 0.527 e. The van der Waals surface area contributed by atoms with Crippen LogP contribution in [0.3, 0.4) is 0 Å². The van der Waals surface area contributed by atoms with Gasteiger partial charge in [0.15, 0.2) is 0 Å². The minimum atomic E-state index is -4.28. The van der Waals surface area contributed by atoms with Crippen LogP contribution in [0.4, 0.5) is 0 Å². The molecule has 3 aromatic carbocycles. The number of benzene rings is 3. The second-order valence-electron chi connectivity index (χ2n) is 14.9. The van der Waals surface area contributed by atoms with Crippen LogP contribution in [0, 0.1) is 6.92 Å². The first-order valence-corrected chi connectivity index (χ1v) is 23.4. The average molecular weight is 879 g/mol. The Morgan fingerprint density at radius 1 is 0.705 bits per heavy atom. The predicted octanol–water partition coefficient (Wildman–Crippen LogP) is 8.42. The van der Waals surface area contributed by atoms with Crippen molar-refractivity contribution in [1.29, 1.82) is 0 Å². The minimum Gasteiger partial charge on any atom is -0.403 e. The summed E-state index contributed by atoms with van der Waals surface area (Å²) >= 11 is 5.94. The summed E-state index contributed by atoms with van der Waals surface area (Å²) in [4.78, 5) is 49.5. The molecule has 332 valence electrons. The van der Waals surface area contributed by atoms with E-state index in [0.717, 1.165) is 48.8 Å². The third-order valence-corrected chi connectivity index (χ3v) is 11.6. The molecule has 0 aliphatic rings. The van der Waals surface area contributed by atoms with Gasteiger partial charge in [-0.2, -0.15) is 0 Å². The molecule has 0 aliphatic heterocycles. The third-order valence-electron chi connectivity index (χ3n) is 10.4. The topological polar surface area (TPSA) is 156 Å². The van der Waals surface area contributed by atoms with E-state index in [1.165, 1.54) is 42.2 Å². The normalized spacial score (nSPS) is 12.2. The molecule has 1 atom stereocenters. The second-order valence-corrected chi connectivity index (χ2v) is 16.6. The Labute approximate surface area is 365 Å². The summed E-state index contributed by atoms with van der Waals surface area (Å²) in [5, 5.41) is 10.9. The number of rotatable bonds is 25. The highest BCUT2D eigenvalue weighted by Gasteiger charge is 2.23. The van der Waals surface area contributed by atoms with Gasteiger partial charge >= 0.3 is 7.82 Å². The van der Waals surface area contributed by atoms with Gasteiger partial charge in [-0.1, -0.05) is 93.7 Å². The first-order chi connectivity index (χ1) is 29.4. The fourth-order valence-corrected chi connectivity index (χ4v) is 8.09. The number of aromatic nitrogens is 2. The number of nitrogens with one attached hydrogen (secondary N) is 3. The summed E-state index contributed by atoms with van der Waals surface area (Å²) in [5.41, 5.74) is 4.60. The monoisotopic (exact) mass is 878 g/mol. The summed E-state index contributed by atoms with van der Waals surface area (Å²) in [5.74, 6) is -0.571. The van der Waals surface area contributed by atoms with Crippen LogP contribution in [-0.4, -0.2) is 82.5 Å². The Bertz CT molecular complexity index is 2180. The van der Waals surface area contributed by atoms with E-state index in [9.17, 15) is 23.8 Å².